The monoisotopic (exact) mass is 441 g/mol. The summed E-state index contributed by atoms with van der Waals surface area (Å²) >= 11 is 0. The van der Waals surface area contributed by atoms with E-state index >= 15 is 0 Å². The molecule has 166 valence electrons. The van der Waals surface area contributed by atoms with Gasteiger partial charge in [-0.25, -0.2) is 4.79 Å². The Morgan fingerprint density at radius 1 is 1.00 bits per heavy atom. The first-order valence-corrected chi connectivity index (χ1v) is 9.88. The van der Waals surface area contributed by atoms with Crippen LogP contribution in [0.3, 0.4) is 0 Å². The van der Waals surface area contributed by atoms with Crippen LogP contribution in [0.1, 0.15) is 0 Å². The van der Waals surface area contributed by atoms with Gasteiger partial charge in [-0.1, -0.05) is 0 Å². The highest BCUT2D eigenvalue weighted by molar-refractivity contribution is 5.85. The van der Waals surface area contributed by atoms with Crippen molar-refractivity contribution in [3.63, 3.8) is 0 Å². The van der Waals surface area contributed by atoms with Crippen LogP contribution in [-0.2, 0) is 30.1 Å². The fraction of sp³-hybridized carbons (Fsp3) is 0.667. The largest absolute Gasteiger partial charge is 0.378 e. The fourth-order valence-corrected chi connectivity index (χ4v) is 3.68. The second kappa shape index (κ2) is 9.63. The third-order valence-electron chi connectivity index (χ3n) is 5.37. The second-order valence-electron chi connectivity index (χ2n) is 7.21. The topological polar surface area (TPSA) is 99.1 Å². The number of nitrogens with zero attached hydrogens (tertiary/aromatic N) is 7. The van der Waals surface area contributed by atoms with Crippen molar-refractivity contribution in [2.24, 2.45) is 19.1 Å². The predicted molar refractivity (Wildman–Crippen MR) is 116 cm³/mol. The standard InChI is InChI=1S/C18H27N7O4.ClH/c1-21-15-14(16(26)22(2)18(21)27)25(17(20-15)24-7-11-29-12-8-24)4-3-19-13-23-5-9-28-10-6-23;/h13H,3-12H2,1-2H3;1H. The normalized spacial score (nSPS) is 17.7. The first-order valence-electron chi connectivity index (χ1n) is 9.88. The minimum atomic E-state index is -0.383. The highest BCUT2D eigenvalue weighted by Crippen LogP contribution is 2.20. The van der Waals surface area contributed by atoms with Crippen LogP contribution in [0, 0.1) is 0 Å². The van der Waals surface area contributed by atoms with E-state index in [2.05, 4.69) is 19.8 Å². The molecule has 4 rings (SSSR count). The summed E-state index contributed by atoms with van der Waals surface area (Å²) in [5, 5.41) is 0. The van der Waals surface area contributed by atoms with Gasteiger partial charge in [-0.05, 0) is 0 Å². The summed E-state index contributed by atoms with van der Waals surface area (Å²) in [7, 11) is 3.13. The number of anilines is 1. The summed E-state index contributed by atoms with van der Waals surface area (Å²) in [5.74, 6) is 0.683. The summed E-state index contributed by atoms with van der Waals surface area (Å²) < 4.78 is 15.2. The van der Waals surface area contributed by atoms with Gasteiger partial charge in [0.05, 0.1) is 39.3 Å². The molecule has 2 fully saturated rings. The zero-order valence-corrected chi connectivity index (χ0v) is 18.1. The van der Waals surface area contributed by atoms with E-state index < -0.39 is 0 Å². The summed E-state index contributed by atoms with van der Waals surface area (Å²) in [6, 6.07) is 0. The number of hydrogen-bond acceptors (Lipinski definition) is 7. The lowest BCUT2D eigenvalue weighted by Gasteiger charge is -2.28. The number of morpholine rings is 2. The molecule has 0 amide bonds. The van der Waals surface area contributed by atoms with Crippen molar-refractivity contribution in [2.75, 3.05) is 64.1 Å². The number of aliphatic imine (C=N–C) groups is 1. The molecule has 0 bridgehead atoms. The number of aromatic nitrogens is 4. The van der Waals surface area contributed by atoms with E-state index in [9.17, 15) is 9.59 Å². The molecule has 30 heavy (non-hydrogen) atoms. The van der Waals surface area contributed by atoms with Crippen LogP contribution in [-0.4, -0.2) is 89.1 Å². The van der Waals surface area contributed by atoms with E-state index in [4.69, 9.17) is 9.47 Å². The number of aryl methyl sites for hydroxylation is 1. The number of ether oxygens (including phenoxy) is 2. The number of fused-ring (bicyclic) bond motifs is 1. The molecule has 2 aromatic rings. The van der Waals surface area contributed by atoms with E-state index in [0.29, 0.717) is 69.7 Å². The minimum Gasteiger partial charge on any atom is -0.378 e. The van der Waals surface area contributed by atoms with Gasteiger partial charge in [0.15, 0.2) is 11.2 Å². The Balaban J connectivity index is 0.00000256. The van der Waals surface area contributed by atoms with Crippen molar-refractivity contribution in [3.05, 3.63) is 20.8 Å². The number of rotatable bonds is 5. The first-order chi connectivity index (χ1) is 14.1. The molecule has 0 N–H and O–H groups in total. The van der Waals surface area contributed by atoms with Crippen LogP contribution in [0.15, 0.2) is 14.6 Å². The molecule has 0 unspecified atom stereocenters. The zero-order chi connectivity index (χ0) is 20.4. The van der Waals surface area contributed by atoms with E-state index in [1.54, 1.807) is 7.05 Å². The molecule has 12 heteroatoms. The third kappa shape index (κ3) is 4.23. The van der Waals surface area contributed by atoms with Crippen molar-refractivity contribution in [2.45, 2.75) is 6.54 Å². The fourth-order valence-electron chi connectivity index (χ4n) is 3.68. The third-order valence-corrected chi connectivity index (χ3v) is 5.37. The van der Waals surface area contributed by atoms with E-state index in [-0.39, 0.29) is 23.7 Å². The first kappa shape index (κ1) is 22.3. The maximum absolute atomic E-state index is 12.9. The van der Waals surface area contributed by atoms with Crippen molar-refractivity contribution in [3.8, 4) is 0 Å². The van der Waals surface area contributed by atoms with E-state index in [1.807, 2.05) is 10.9 Å². The van der Waals surface area contributed by atoms with Gasteiger partial charge in [-0.3, -0.25) is 18.9 Å². The van der Waals surface area contributed by atoms with Gasteiger partial charge in [0.2, 0.25) is 5.95 Å². The van der Waals surface area contributed by atoms with Crippen molar-refractivity contribution in [1.82, 2.24) is 23.6 Å². The molecule has 4 heterocycles. The van der Waals surface area contributed by atoms with Crippen LogP contribution >= 0.6 is 12.4 Å². The second-order valence-corrected chi connectivity index (χ2v) is 7.21. The van der Waals surface area contributed by atoms with Gasteiger partial charge in [0.25, 0.3) is 5.56 Å². The van der Waals surface area contributed by atoms with Crippen LogP contribution in [0.25, 0.3) is 11.2 Å². The molecular formula is C18H28ClN7O4. The average Bonchev–Trinajstić information content (AvgIpc) is 3.15. The highest BCUT2D eigenvalue weighted by atomic mass is 35.5. The Morgan fingerprint density at radius 3 is 2.30 bits per heavy atom. The van der Waals surface area contributed by atoms with Crippen LogP contribution in [0.2, 0.25) is 0 Å². The number of hydrogen-bond donors (Lipinski definition) is 0. The number of imidazole rings is 1. The quantitative estimate of drug-likeness (QED) is 0.436. The van der Waals surface area contributed by atoms with E-state index in [0.717, 1.165) is 17.7 Å². The molecule has 0 aliphatic carbocycles. The lowest BCUT2D eigenvalue weighted by Crippen LogP contribution is -2.39. The molecule has 2 aliphatic rings. The Bertz CT molecular complexity index is 1020. The maximum Gasteiger partial charge on any atom is 0.332 e. The summed E-state index contributed by atoms with van der Waals surface area (Å²) in [6.45, 7) is 6.68. The Hall–Kier alpha value is -2.37. The lowest BCUT2D eigenvalue weighted by atomic mass is 10.4. The Labute approximate surface area is 179 Å². The summed E-state index contributed by atoms with van der Waals surface area (Å²) in [5.41, 5.74) is 0.104. The SMILES string of the molecule is Cl.Cn1c(=O)c2c(nc(N3CCOCC3)n2CCN=CN2CCOCC2)n(C)c1=O. The Morgan fingerprint density at radius 2 is 1.63 bits per heavy atom. The number of halogens is 1. The van der Waals surface area contributed by atoms with Crippen LogP contribution in [0.4, 0.5) is 5.95 Å². The van der Waals surface area contributed by atoms with Crippen LogP contribution < -0.4 is 16.1 Å². The van der Waals surface area contributed by atoms with Crippen molar-refractivity contribution < 1.29 is 9.47 Å². The molecule has 0 aromatic carbocycles. The zero-order valence-electron chi connectivity index (χ0n) is 17.3. The minimum absolute atomic E-state index is 0. The van der Waals surface area contributed by atoms with E-state index in [1.165, 1.54) is 11.6 Å². The summed E-state index contributed by atoms with van der Waals surface area (Å²) in [6.07, 6.45) is 1.85. The average molecular weight is 442 g/mol. The highest BCUT2D eigenvalue weighted by Gasteiger charge is 2.23. The smallest absolute Gasteiger partial charge is 0.332 e. The lowest BCUT2D eigenvalue weighted by molar-refractivity contribution is 0.0700. The van der Waals surface area contributed by atoms with Gasteiger partial charge >= 0.3 is 5.69 Å². The van der Waals surface area contributed by atoms with Crippen molar-refractivity contribution >= 4 is 35.9 Å². The summed E-state index contributed by atoms with van der Waals surface area (Å²) in [4.78, 5) is 38.6. The van der Waals surface area contributed by atoms with Crippen molar-refractivity contribution in [1.29, 1.82) is 0 Å². The molecule has 2 saturated heterocycles. The van der Waals surface area contributed by atoms with Gasteiger partial charge in [0.1, 0.15) is 0 Å². The molecule has 2 aromatic heterocycles. The molecule has 0 radical (unpaired) electrons. The molecular weight excluding hydrogens is 414 g/mol. The molecule has 0 spiro atoms. The molecule has 0 atom stereocenters. The Kier molecular flexibility index (Phi) is 7.16. The van der Waals surface area contributed by atoms with Gasteiger partial charge in [-0.15, -0.1) is 12.4 Å². The maximum atomic E-state index is 12.9. The predicted octanol–water partition coefficient (Wildman–Crippen LogP) is -0.947. The van der Waals surface area contributed by atoms with Gasteiger partial charge in [-0.2, -0.15) is 4.98 Å². The van der Waals surface area contributed by atoms with Gasteiger partial charge in [0, 0.05) is 46.8 Å². The molecule has 2 aliphatic heterocycles. The van der Waals surface area contributed by atoms with Gasteiger partial charge < -0.3 is 23.8 Å². The van der Waals surface area contributed by atoms with Crippen LogP contribution in [0.5, 0.6) is 0 Å². The molecule has 0 saturated carbocycles. The molecule has 11 nitrogen and oxygen atoms in total.